The van der Waals surface area contributed by atoms with Gasteiger partial charge in [0, 0.05) is 26.7 Å². The number of guanidine groups is 1. The maximum Gasteiger partial charge on any atom is 0.310 e. The van der Waals surface area contributed by atoms with Gasteiger partial charge in [-0.1, -0.05) is 6.07 Å². The highest BCUT2D eigenvalue weighted by Crippen LogP contribution is 2.28. The second-order valence-corrected chi connectivity index (χ2v) is 6.36. The van der Waals surface area contributed by atoms with Crippen LogP contribution in [-0.2, 0) is 16.1 Å². The monoisotopic (exact) mass is 377 g/mol. The lowest BCUT2D eigenvalue weighted by atomic mass is 9.98. The van der Waals surface area contributed by atoms with Crippen LogP contribution in [0.15, 0.2) is 23.2 Å². The molecule has 1 N–H and O–H groups in total. The SMILES string of the molecule is CCOC(=O)C1CCCN(C(=NC)NCc2ccc(OC)c(OCC)c2)C1. The predicted octanol–water partition coefficient (Wildman–Crippen LogP) is 2.44. The molecule has 1 fully saturated rings. The predicted molar refractivity (Wildman–Crippen MR) is 105 cm³/mol. The molecule has 0 saturated carbocycles. The number of rotatable bonds is 7. The van der Waals surface area contributed by atoms with Gasteiger partial charge in [-0.05, 0) is 44.4 Å². The number of likely N-dealkylation sites (tertiary alicyclic amines) is 1. The van der Waals surface area contributed by atoms with E-state index in [0.717, 1.165) is 42.4 Å². The van der Waals surface area contributed by atoms with E-state index in [1.807, 2.05) is 32.0 Å². The Morgan fingerprint density at radius 1 is 1.30 bits per heavy atom. The van der Waals surface area contributed by atoms with Crippen LogP contribution in [0.25, 0.3) is 0 Å². The van der Waals surface area contributed by atoms with Gasteiger partial charge in [0.15, 0.2) is 17.5 Å². The van der Waals surface area contributed by atoms with Crippen LogP contribution in [0.3, 0.4) is 0 Å². The molecule has 0 aliphatic carbocycles. The summed E-state index contributed by atoms with van der Waals surface area (Å²) in [4.78, 5) is 18.6. The van der Waals surface area contributed by atoms with E-state index in [4.69, 9.17) is 14.2 Å². The molecule has 1 saturated heterocycles. The largest absolute Gasteiger partial charge is 0.493 e. The molecule has 2 rings (SSSR count). The molecular weight excluding hydrogens is 346 g/mol. The molecule has 1 heterocycles. The zero-order chi connectivity index (χ0) is 19.6. The van der Waals surface area contributed by atoms with Crippen LogP contribution in [-0.4, -0.2) is 57.3 Å². The van der Waals surface area contributed by atoms with Crippen molar-refractivity contribution in [2.75, 3.05) is 40.5 Å². The van der Waals surface area contributed by atoms with Crippen molar-refractivity contribution in [3.8, 4) is 11.5 Å². The van der Waals surface area contributed by atoms with Gasteiger partial charge >= 0.3 is 5.97 Å². The summed E-state index contributed by atoms with van der Waals surface area (Å²) in [6.07, 6.45) is 1.81. The van der Waals surface area contributed by atoms with E-state index in [-0.39, 0.29) is 11.9 Å². The molecule has 7 heteroatoms. The first-order valence-electron chi connectivity index (χ1n) is 9.54. The van der Waals surface area contributed by atoms with Crippen LogP contribution in [0.4, 0.5) is 0 Å². The molecule has 0 spiro atoms. The minimum absolute atomic E-state index is 0.0946. The number of piperidine rings is 1. The van der Waals surface area contributed by atoms with E-state index in [9.17, 15) is 4.79 Å². The first kappa shape index (κ1) is 20.9. The standard InChI is InChI=1S/C20H31N3O4/c1-5-26-18-12-15(9-10-17(18)25-4)13-22-20(21-3)23-11-7-8-16(14-23)19(24)27-6-2/h9-10,12,16H,5-8,11,13-14H2,1-4H3,(H,21,22). The van der Waals surface area contributed by atoms with E-state index < -0.39 is 0 Å². The minimum Gasteiger partial charge on any atom is -0.493 e. The Hall–Kier alpha value is -2.44. The van der Waals surface area contributed by atoms with Gasteiger partial charge in [0.1, 0.15) is 0 Å². The molecule has 1 atom stereocenters. The van der Waals surface area contributed by atoms with Crippen molar-refractivity contribution in [2.45, 2.75) is 33.2 Å². The summed E-state index contributed by atoms with van der Waals surface area (Å²) in [5, 5.41) is 3.38. The number of ether oxygens (including phenoxy) is 3. The number of nitrogens with one attached hydrogen (secondary N) is 1. The maximum atomic E-state index is 12.1. The third-order valence-corrected chi connectivity index (χ3v) is 4.53. The summed E-state index contributed by atoms with van der Waals surface area (Å²) in [5.74, 6) is 2.03. The fraction of sp³-hybridized carbons (Fsp3) is 0.600. The minimum atomic E-state index is -0.117. The van der Waals surface area contributed by atoms with E-state index in [1.54, 1.807) is 14.2 Å². The number of benzene rings is 1. The number of nitrogens with zero attached hydrogens (tertiary/aromatic N) is 2. The Bertz CT molecular complexity index is 648. The van der Waals surface area contributed by atoms with E-state index in [2.05, 4.69) is 15.2 Å². The molecule has 150 valence electrons. The maximum absolute atomic E-state index is 12.1. The molecule has 1 aromatic carbocycles. The molecular formula is C20H31N3O4. The Kier molecular flexibility index (Phi) is 8.23. The van der Waals surface area contributed by atoms with Crippen LogP contribution in [0.2, 0.25) is 0 Å². The third-order valence-electron chi connectivity index (χ3n) is 4.53. The summed E-state index contributed by atoms with van der Waals surface area (Å²) < 4.78 is 16.1. The number of hydrogen-bond acceptors (Lipinski definition) is 5. The van der Waals surface area contributed by atoms with Gasteiger partial charge in [0.25, 0.3) is 0 Å². The molecule has 1 aromatic rings. The number of carbonyl (C=O) groups is 1. The number of methoxy groups -OCH3 is 1. The second kappa shape index (κ2) is 10.6. The number of hydrogen-bond donors (Lipinski definition) is 1. The molecule has 0 radical (unpaired) electrons. The van der Waals surface area contributed by atoms with Crippen LogP contribution in [0, 0.1) is 5.92 Å². The first-order valence-corrected chi connectivity index (χ1v) is 9.54. The molecule has 0 aromatic heterocycles. The van der Waals surface area contributed by atoms with Crippen molar-refractivity contribution >= 4 is 11.9 Å². The van der Waals surface area contributed by atoms with Gasteiger partial charge in [-0.3, -0.25) is 9.79 Å². The highest BCUT2D eigenvalue weighted by atomic mass is 16.5. The summed E-state index contributed by atoms with van der Waals surface area (Å²) in [5.41, 5.74) is 1.07. The number of carbonyl (C=O) groups excluding carboxylic acids is 1. The third kappa shape index (κ3) is 5.77. The van der Waals surface area contributed by atoms with Gasteiger partial charge in [0.05, 0.1) is 26.2 Å². The lowest BCUT2D eigenvalue weighted by molar-refractivity contribution is -0.149. The van der Waals surface area contributed by atoms with Crippen molar-refractivity contribution in [2.24, 2.45) is 10.9 Å². The number of aliphatic imine (C=N–C) groups is 1. The van der Waals surface area contributed by atoms with Gasteiger partial charge in [-0.2, -0.15) is 0 Å². The molecule has 0 bridgehead atoms. The summed E-state index contributed by atoms with van der Waals surface area (Å²) in [7, 11) is 3.39. The zero-order valence-electron chi connectivity index (χ0n) is 16.8. The molecule has 1 unspecified atom stereocenters. The molecule has 0 amide bonds. The number of esters is 1. The fourth-order valence-corrected chi connectivity index (χ4v) is 3.23. The summed E-state index contributed by atoms with van der Waals surface area (Å²) in [6, 6.07) is 5.88. The zero-order valence-corrected chi connectivity index (χ0v) is 16.8. The molecule has 1 aliphatic heterocycles. The summed E-state index contributed by atoms with van der Waals surface area (Å²) >= 11 is 0. The highest BCUT2D eigenvalue weighted by molar-refractivity contribution is 5.81. The van der Waals surface area contributed by atoms with Crippen molar-refractivity contribution in [3.05, 3.63) is 23.8 Å². The van der Waals surface area contributed by atoms with E-state index in [1.165, 1.54) is 0 Å². The van der Waals surface area contributed by atoms with Crippen LogP contribution >= 0.6 is 0 Å². The highest BCUT2D eigenvalue weighted by Gasteiger charge is 2.28. The Morgan fingerprint density at radius 2 is 2.11 bits per heavy atom. The first-order chi connectivity index (χ1) is 13.1. The van der Waals surface area contributed by atoms with Gasteiger partial charge in [-0.15, -0.1) is 0 Å². The fourth-order valence-electron chi connectivity index (χ4n) is 3.23. The Morgan fingerprint density at radius 3 is 2.78 bits per heavy atom. The molecule has 27 heavy (non-hydrogen) atoms. The van der Waals surface area contributed by atoms with E-state index >= 15 is 0 Å². The van der Waals surface area contributed by atoms with Gasteiger partial charge in [-0.25, -0.2) is 0 Å². The Labute approximate surface area is 161 Å². The second-order valence-electron chi connectivity index (χ2n) is 6.36. The smallest absolute Gasteiger partial charge is 0.310 e. The quantitative estimate of drug-likeness (QED) is 0.447. The van der Waals surface area contributed by atoms with Crippen molar-refractivity contribution in [1.29, 1.82) is 0 Å². The van der Waals surface area contributed by atoms with E-state index in [0.29, 0.717) is 26.3 Å². The van der Waals surface area contributed by atoms with Crippen LogP contribution in [0.5, 0.6) is 11.5 Å². The molecule has 1 aliphatic rings. The van der Waals surface area contributed by atoms with Crippen molar-refractivity contribution in [1.82, 2.24) is 10.2 Å². The lowest BCUT2D eigenvalue weighted by Crippen LogP contribution is -2.48. The van der Waals surface area contributed by atoms with Crippen molar-refractivity contribution < 1.29 is 19.0 Å². The van der Waals surface area contributed by atoms with Gasteiger partial charge < -0.3 is 24.4 Å². The summed E-state index contributed by atoms with van der Waals surface area (Å²) in [6.45, 7) is 6.90. The normalized spacial score (nSPS) is 17.4. The average molecular weight is 377 g/mol. The topological polar surface area (TPSA) is 72.4 Å². The van der Waals surface area contributed by atoms with Gasteiger partial charge in [0.2, 0.25) is 0 Å². The lowest BCUT2D eigenvalue weighted by Gasteiger charge is -2.34. The average Bonchev–Trinajstić information content (AvgIpc) is 2.69. The van der Waals surface area contributed by atoms with Crippen LogP contribution in [0.1, 0.15) is 32.3 Å². The molecule has 7 nitrogen and oxygen atoms in total. The van der Waals surface area contributed by atoms with Crippen molar-refractivity contribution in [3.63, 3.8) is 0 Å². The Balaban J connectivity index is 1.99. The van der Waals surface area contributed by atoms with Crippen LogP contribution < -0.4 is 14.8 Å².